The fourth-order valence-electron chi connectivity index (χ4n) is 1.39. The second kappa shape index (κ2) is 5.97. The van der Waals surface area contributed by atoms with Gasteiger partial charge < -0.3 is 10.4 Å². The molecule has 1 heterocycles. The van der Waals surface area contributed by atoms with E-state index in [-0.39, 0.29) is 18.0 Å². The van der Waals surface area contributed by atoms with Crippen molar-refractivity contribution >= 4 is 30.0 Å². The Morgan fingerprint density at radius 2 is 1.94 bits per heavy atom. The molecule has 0 atom stereocenters. The van der Waals surface area contributed by atoms with Gasteiger partial charge in [-0.05, 0) is 19.1 Å². The molecule has 94 valence electrons. The normalized spacial score (nSPS) is 9.39. The quantitative estimate of drug-likeness (QED) is 0.892. The highest BCUT2D eigenvalue weighted by atomic mass is 35.5. The minimum atomic E-state index is -1.02. The zero-order valence-corrected chi connectivity index (χ0v) is 10.4. The molecule has 18 heavy (non-hydrogen) atoms. The number of anilines is 2. The van der Waals surface area contributed by atoms with Crippen LogP contribution in [0.25, 0.3) is 0 Å². The highest BCUT2D eigenvalue weighted by Crippen LogP contribution is 2.13. The lowest BCUT2D eigenvalue weighted by Crippen LogP contribution is -2.05. The van der Waals surface area contributed by atoms with Crippen LogP contribution in [0.4, 0.5) is 11.6 Å². The molecule has 0 fully saturated rings. The number of nitrogens with zero attached hydrogens (tertiary/aromatic N) is 2. The molecule has 5 nitrogen and oxygen atoms in total. The van der Waals surface area contributed by atoms with E-state index in [4.69, 9.17) is 5.11 Å². The Labute approximate surface area is 110 Å². The first-order valence-electron chi connectivity index (χ1n) is 5.06. The maximum Gasteiger partial charge on any atom is 0.339 e. The first kappa shape index (κ1) is 13.9. The molecule has 1 aromatic carbocycles. The number of benzene rings is 1. The maximum atomic E-state index is 10.8. The van der Waals surface area contributed by atoms with Crippen LogP contribution in [-0.2, 0) is 0 Å². The average molecular weight is 266 g/mol. The predicted molar refractivity (Wildman–Crippen MR) is 70.7 cm³/mol. The standard InChI is InChI=1S/C12H11N3O2.ClH/c1-8-10(11(16)17)7-13-12(14-8)15-9-5-3-2-4-6-9;/h2-7H,1H3,(H,16,17)(H,13,14,15);1H. The molecule has 2 N–H and O–H groups in total. The van der Waals surface area contributed by atoms with Gasteiger partial charge in [0.05, 0.1) is 11.3 Å². The Balaban J connectivity index is 0.00000162. The van der Waals surface area contributed by atoms with Crippen molar-refractivity contribution in [2.24, 2.45) is 0 Å². The largest absolute Gasteiger partial charge is 0.478 e. The summed E-state index contributed by atoms with van der Waals surface area (Å²) in [6.45, 7) is 1.64. The summed E-state index contributed by atoms with van der Waals surface area (Å²) in [5.41, 5.74) is 1.41. The number of hydrogen-bond donors (Lipinski definition) is 2. The summed E-state index contributed by atoms with van der Waals surface area (Å²) in [4.78, 5) is 18.8. The predicted octanol–water partition coefficient (Wildman–Crippen LogP) is 2.65. The van der Waals surface area contributed by atoms with E-state index in [1.54, 1.807) is 6.92 Å². The molecule has 6 heteroatoms. The molecule has 2 aromatic rings. The first-order valence-corrected chi connectivity index (χ1v) is 5.06. The van der Waals surface area contributed by atoms with Gasteiger partial charge in [0.1, 0.15) is 0 Å². The van der Waals surface area contributed by atoms with Crippen molar-refractivity contribution < 1.29 is 9.90 Å². The number of carboxylic acids is 1. The zero-order chi connectivity index (χ0) is 12.3. The van der Waals surface area contributed by atoms with Gasteiger partial charge in [0.2, 0.25) is 5.95 Å². The van der Waals surface area contributed by atoms with Crippen LogP contribution in [0.2, 0.25) is 0 Å². The van der Waals surface area contributed by atoms with Gasteiger partial charge in [-0.25, -0.2) is 14.8 Å². The Morgan fingerprint density at radius 3 is 2.50 bits per heavy atom. The molecule has 0 aliphatic carbocycles. The van der Waals surface area contributed by atoms with Crippen molar-refractivity contribution in [3.8, 4) is 0 Å². The second-order valence-electron chi connectivity index (χ2n) is 3.49. The van der Waals surface area contributed by atoms with Crippen molar-refractivity contribution in [1.29, 1.82) is 0 Å². The minimum absolute atomic E-state index is 0. The molecule has 0 spiro atoms. The van der Waals surface area contributed by atoms with E-state index in [2.05, 4.69) is 15.3 Å². The summed E-state index contributed by atoms with van der Waals surface area (Å²) in [5, 5.41) is 11.8. The second-order valence-corrected chi connectivity index (χ2v) is 3.49. The smallest absolute Gasteiger partial charge is 0.339 e. The summed E-state index contributed by atoms with van der Waals surface area (Å²) in [5.74, 6) is -0.632. The van der Waals surface area contributed by atoms with E-state index >= 15 is 0 Å². The average Bonchev–Trinajstić information content (AvgIpc) is 2.30. The summed E-state index contributed by atoms with van der Waals surface area (Å²) >= 11 is 0. The summed E-state index contributed by atoms with van der Waals surface area (Å²) < 4.78 is 0. The van der Waals surface area contributed by atoms with Gasteiger partial charge in [-0.2, -0.15) is 0 Å². The number of carboxylic acid groups (broad SMARTS) is 1. The van der Waals surface area contributed by atoms with Gasteiger partial charge in [0.15, 0.2) is 0 Å². The Kier molecular flexibility index (Phi) is 4.62. The third kappa shape index (κ3) is 3.18. The lowest BCUT2D eigenvalue weighted by atomic mass is 10.2. The number of nitrogens with one attached hydrogen (secondary N) is 1. The number of aromatic nitrogens is 2. The van der Waals surface area contributed by atoms with Crippen LogP contribution < -0.4 is 5.32 Å². The lowest BCUT2D eigenvalue weighted by molar-refractivity contribution is 0.0695. The highest BCUT2D eigenvalue weighted by molar-refractivity contribution is 5.88. The Hall–Kier alpha value is -2.14. The summed E-state index contributed by atoms with van der Waals surface area (Å²) in [7, 11) is 0. The van der Waals surface area contributed by atoms with Crippen LogP contribution in [0.15, 0.2) is 36.5 Å². The van der Waals surface area contributed by atoms with Crippen molar-refractivity contribution in [1.82, 2.24) is 9.97 Å². The number of halogens is 1. The van der Waals surface area contributed by atoms with Gasteiger partial charge in [0, 0.05) is 11.9 Å². The Bertz CT molecular complexity index is 546. The molecular formula is C12H12ClN3O2. The molecule has 0 aliphatic heterocycles. The number of aromatic carboxylic acids is 1. The molecule has 0 aliphatic rings. The van der Waals surface area contributed by atoms with Crippen LogP contribution in [0.1, 0.15) is 16.1 Å². The van der Waals surface area contributed by atoms with Crippen LogP contribution >= 0.6 is 12.4 Å². The monoisotopic (exact) mass is 265 g/mol. The van der Waals surface area contributed by atoms with E-state index in [0.717, 1.165) is 5.69 Å². The molecule has 0 radical (unpaired) electrons. The minimum Gasteiger partial charge on any atom is -0.478 e. The van der Waals surface area contributed by atoms with E-state index in [1.165, 1.54) is 6.20 Å². The SMILES string of the molecule is Cc1nc(Nc2ccccc2)ncc1C(=O)O.Cl. The molecule has 0 bridgehead atoms. The van der Waals surface area contributed by atoms with Crippen LogP contribution in [0, 0.1) is 6.92 Å². The molecule has 2 rings (SSSR count). The third-order valence-corrected chi connectivity index (χ3v) is 2.24. The van der Waals surface area contributed by atoms with Gasteiger partial charge in [-0.3, -0.25) is 0 Å². The van der Waals surface area contributed by atoms with Crippen molar-refractivity contribution in [2.75, 3.05) is 5.32 Å². The van der Waals surface area contributed by atoms with Crippen LogP contribution in [-0.4, -0.2) is 21.0 Å². The van der Waals surface area contributed by atoms with Crippen LogP contribution in [0.5, 0.6) is 0 Å². The summed E-state index contributed by atoms with van der Waals surface area (Å²) in [6.07, 6.45) is 1.30. The van der Waals surface area contributed by atoms with Crippen molar-refractivity contribution in [2.45, 2.75) is 6.92 Å². The highest BCUT2D eigenvalue weighted by Gasteiger charge is 2.09. The lowest BCUT2D eigenvalue weighted by Gasteiger charge is -2.06. The molecule has 0 saturated carbocycles. The van der Waals surface area contributed by atoms with E-state index in [0.29, 0.717) is 11.6 Å². The zero-order valence-electron chi connectivity index (χ0n) is 9.62. The number of aryl methyl sites for hydroxylation is 1. The number of para-hydroxylation sites is 1. The van der Waals surface area contributed by atoms with Gasteiger partial charge in [-0.15, -0.1) is 12.4 Å². The van der Waals surface area contributed by atoms with Gasteiger partial charge >= 0.3 is 5.97 Å². The van der Waals surface area contributed by atoms with Gasteiger partial charge in [0.25, 0.3) is 0 Å². The Morgan fingerprint density at radius 1 is 1.28 bits per heavy atom. The van der Waals surface area contributed by atoms with Crippen molar-refractivity contribution in [3.63, 3.8) is 0 Å². The number of carbonyl (C=O) groups is 1. The number of rotatable bonds is 3. The number of hydrogen-bond acceptors (Lipinski definition) is 4. The van der Waals surface area contributed by atoms with Gasteiger partial charge in [-0.1, -0.05) is 18.2 Å². The first-order chi connectivity index (χ1) is 8.16. The fourth-order valence-corrected chi connectivity index (χ4v) is 1.39. The molecule has 1 aromatic heterocycles. The molecular weight excluding hydrogens is 254 g/mol. The third-order valence-electron chi connectivity index (χ3n) is 2.24. The topological polar surface area (TPSA) is 75.1 Å². The molecule has 0 amide bonds. The van der Waals surface area contributed by atoms with Crippen molar-refractivity contribution in [3.05, 3.63) is 47.8 Å². The summed E-state index contributed by atoms with van der Waals surface area (Å²) in [6, 6.07) is 9.44. The van der Waals surface area contributed by atoms with E-state index in [1.807, 2.05) is 30.3 Å². The maximum absolute atomic E-state index is 10.8. The fraction of sp³-hybridized carbons (Fsp3) is 0.0833. The van der Waals surface area contributed by atoms with Crippen LogP contribution in [0.3, 0.4) is 0 Å². The van der Waals surface area contributed by atoms with E-state index in [9.17, 15) is 4.79 Å². The molecule has 0 unspecified atom stereocenters. The molecule has 0 saturated heterocycles. The van der Waals surface area contributed by atoms with E-state index < -0.39 is 5.97 Å².